The van der Waals surface area contributed by atoms with Gasteiger partial charge in [0.15, 0.2) is 6.54 Å². The summed E-state index contributed by atoms with van der Waals surface area (Å²) in [5.41, 5.74) is 5.48. The highest BCUT2D eigenvalue weighted by Gasteiger charge is 2.31. The van der Waals surface area contributed by atoms with Crippen molar-refractivity contribution in [3.63, 3.8) is 0 Å². The predicted molar refractivity (Wildman–Crippen MR) is 110 cm³/mol. The average Bonchev–Trinajstić information content (AvgIpc) is 3.00. The molecule has 0 saturated carbocycles. The van der Waals surface area contributed by atoms with Gasteiger partial charge in [-0.3, -0.25) is 4.79 Å². The van der Waals surface area contributed by atoms with Crippen molar-refractivity contribution in [2.24, 2.45) is 5.10 Å². The lowest BCUT2D eigenvalue weighted by atomic mass is 9.98. The van der Waals surface area contributed by atoms with Crippen LogP contribution in [0.15, 0.2) is 53.6 Å². The summed E-state index contributed by atoms with van der Waals surface area (Å²) in [6.07, 6.45) is -0.102. The number of ether oxygens (including phenoxy) is 2. The fourth-order valence-corrected chi connectivity index (χ4v) is 3.15. The van der Waals surface area contributed by atoms with Crippen molar-refractivity contribution in [1.29, 1.82) is 0 Å². The van der Waals surface area contributed by atoms with Crippen molar-refractivity contribution >= 4 is 17.6 Å². The number of carbonyl (C=O) groups excluding carboxylic acids is 2. The van der Waals surface area contributed by atoms with Crippen LogP contribution in [0.2, 0.25) is 0 Å². The van der Waals surface area contributed by atoms with Crippen LogP contribution in [0.3, 0.4) is 0 Å². The number of hydrogen-bond acceptors (Lipinski definition) is 5. The van der Waals surface area contributed by atoms with Crippen LogP contribution in [0.1, 0.15) is 34.0 Å². The molecule has 1 amide bonds. The number of amides is 1. The van der Waals surface area contributed by atoms with Gasteiger partial charge in [-0.25, -0.2) is 10.2 Å². The lowest BCUT2D eigenvalue weighted by molar-refractivity contribution is -0.862. The molecule has 2 aromatic rings. The zero-order valence-corrected chi connectivity index (χ0v) is 17.1. The van der Waals surface area contributed by atoms with Crippen molar-refractivity contribution < 1.29 is 23.5 Å². The molecule has 0 saturated heterocycles. The van der Waals surface area contributed by atoms with Gasteiger partial charge in [-0.05, 0) is 35.9 Å². The number of fused-ring (bicyclic) bond motifs is 1. The number of benzene rings is 2. The maximum Gasteiger partial charge on any atom is 0.339 e. The molecule has 0 unspecified atom stereocenters. The quantitative estimate of drug-likeness (QED) is 0.338. The number of nitrogens with one attached hydrogen (secondary N) is 1. The largest absolute Gasteiger partial charge is 0.497 e. The van der Waals surface area contributed by atoms with Gasteiger partial charge in [0, 0.05) is 12.0 Å². The van der Waals surface area contributed by atoms with Gasteiger partial charge < -0.3 is 14.0 Å². The fourth-order valence-electron chi connectivity index (χ4n) is 3.15. The summed E-state index contributed by atoms with van der Waals surface area (Å²) in [4.78, 5) is 24.4. The van der Waals surface area contributed by atoms with Crippen molar-refractivity contribution in [3.05, 3.63) is 65.2 Å². The van der Waals surface area contributed by atoms with Crippen molar-refractivity contribution in [2.45, 2.75) is 12.5 Å². The van der Waals surface area contributed by atoms with E-state index >= 15 is 0 Å². The Kier molecular flexibility index (Phi) is 5.98. The number of methoxy groups -OCH3 is 1. The first-order chi connectivity index (χ1) is 13.8. The van der Waals surface area contributed by atoms with E-state index in [-0.39, 0.29) is 11.9 Å². The van der Waals surface area contributed by atoms with Crippen molar-refractivity contribution in [2.75, 3.05) is 34.8 Å². The van der Waals surface area contributed by atoms with E-state index in [1.165, 1.54) is 0 Å². The monoisotopic (exact) mass is 396 g/mol. The summed E-state index contributed by atoms with van der Waals surface area (Å²) in [6, 6.07) is 14.7. The number of esters is 1. The Labute approximate surface area is 170 Å². The number of nitrogens with zero attached hydrogens (tertiary/aromatic N) is 2. The van der Waals surface area contributed by atoms with Crippen LogP contribution in [0, 0.1) is 0 Å². The summed E-state index contributed by atoms with van der Waals surface area (Å²) in [5, 5.41) is 4.37. The second-order valence-corrected chi connectivity index (χ2v) is 7.96. The Bertz CT molecular complexity index is 930. The van der Waals surface area contributed by atoms with Gasteiger partial charge in [-0.15, -0.1) is 0 Å². The van der Waals surface area contributed by atoms with Crippen LogP contribution < -0.4 is 10.2 Å². The van der Waals surface area contributed by atoms with Crippen LogP contribution in [0.5, 0.6) is 5.75 Å². The van der Waals surface area contributed by atoms with Crippen LogP contribution in [0.4, 0.5) is 0 Å². The maximum atomic E-state index is 12.2. The van der Waals surface area contributed by atoms with Gasteiger partial charge in [0.2, 0.25) is 0 Å². The van der Waals surface area contributed by atoms with Gasteiger partial charge in [0.1, 0.15) is 11.9 Å². The molecule has 0 aliphatic carbocycles. The molecule has 0 bridgehead atoms. The standard InChI is InChI=1S/C22H25N3O4/c1-25(2,3)14-21(26)24-23-19(15-9-11-16(28-4)12-10-15)13-20-17-7-5-6-8-18(17)22(27)29-20/h5-12,20H,13-14H2,1-4H3/p+1/b23-19-/t20-/m1/s1. The molecule has 1 aliphatic rings. The maximum absolute atomic E-state index is 12.2. The smallest absolute Gasteiger partial charge is 0.339 e. The van der Waals surface area contributed by atoms with Crippen molar-refractivity contribution in [1.82, 2.24) is 5.43 Å². The molecule has 1 aliphatic heterocycles. The number of carbonyl (C=O) groups is 2. The minimum absolute atomic E-state index is 0.188. The van der Waals surface area contributed by atoms with E-state index in [2.05, 4.69) is 10.5 Å². The van der Waals surface area contributed by atoms with E-state index in [0.29, 0.717) is 28.7 Å². The molecule has 2 aromatic carbocycles. The summed E-state index contributed by atoms with van der Waals surface area (Å²) in [7, 11) is 7.40. The van der Waals surface area contributed by atoms with Gasteiger partial charge in [0.25, 0.3) is 5.91 Å². The molecule has 1 atom stereocenters. The van der Waals surface area contributed by atoms with Crippen LogP contribution in [-0.2, 0) is 9.53 Å². The number of hydrazone groups is 1. The third-order valence-corrected chi connectivity index (χ3v) is 4.51. The molecule has 1 N–H and O–H groups in total. The Morgan fingerprint density at radius 3 is 2.48 bits per heavy atom. The molecule has 0 spiro atoms. The summed E-state index contributed by atoms with van der Waals surface area (Å²) < 4.78 is 11.3. The second kappa shape index (κ2) is 8.45. The first-order valence-electron chi connectivity index (χ1n) is 9.37. The molecule has 152 valence electrons. The Morgan fingerprint density at radius 1 is 1.14 bits per heavy atom. The zero-order valence-electron chi connectivity index (χ0n) is 17.1. The molecule has 3 rings (SSSR count). The van der Waals surface area contributed by atoms with E-state index in [9.17, 15) is 9.59 Å². The van der Waals surface area contributed by atoms with Gasteiger partial charge in [-0.1, -0.05) is 18.2 Å². The predicted octanol–water partition coefficient (Wildman–Crippen LogP) is 2.52. The number of hydrogen-bond donors (Lipinski definition) is 1. The SMILES string of the molecule is COc1ccc(/C(C[C@H]2OC(=O)c3ccccc32)=N\NC(=O)C[N+](C)(C)C)cc1. The molecular weight excluding hydrogens is 370 g/mol. The fraction of sp³-hybridized carbons (Fsp3) is 0.318. The molecule has 0 radical (unpaired) electrons. The second-order valence-electron chi connectivity index (χ2n) is 7.96. The number of quaternary nitrogens is 1. The third-order valence-electron chi connectivity index (χ3n) is 4.51. The topological polar surface area (TPSA) is 77.0 Å². The minimum Gasteiger partial charge on any atom is -0.497 e. The molecule has 0 fully saturated rings. The number of cyclic esters (lactones) is 1. The highest BCUT2D eigenvalue weighted by atomic mass is 16.5. The lowest BCUT2D eigenvalue weighted by Gasteiger charge is -2.22. The van der Waals surface area contributed by atoms with E-state index in [1.807, 2.05) is 63.6 Å². The van der Waals surface area contributed by atoms with E-state index in [1.54, 1.807) is 13.2 Å². The van der Waals surface area contributed by atoms with Crippen molar-refractivity contribution in [3.8, 4) is 5.75 Å². The normalized spacial score (nSPS) is 16.2. The Balaban J connectivity index is 1.86. The third kappa shape index (κ3) is 5.20. The Hall–Kier alpha value is -3.19. The van der Waals surface area contributed by atoms with Gasteiger partial charge >= 0.3 is 5.97 Å². The van der Waals surface area contributed by atoms with E-state index < -0.39 is 6.10 Å². The lowest BCUT2D eigenvalue weighted by Crippen LogP contribution is -2.43. The molecule has 7 nitrogen and oxygen atoms in total. The highest BCUT2D eigenvalue weighted by Crippen LogP contribution is 2.34. The van der Waals surface area contributed by atoms with Crippen LogP contribution in [-0.4, -0.2) is 56.9 Å². The molecule has 29 heavy (non-hydrogen) atoms. The first kappa shape index (κ1) is 20.5. The first-order valence-corrected chi connectivity index (χ1v) is 9.37. The number of rotatable bonds is 7. The molecule has 0 aromatic heterocycles. The summed E-state index contributed by atoms with van der Waals surface area (Å²) >= 11 is 0. The number of likely N-dealkylation sites (N-methyl/N-ethyl adjacent to an activating group) is 1. The Morgan fingerprint density at radius 2 is 1.83 bits per heavy atom. The van der Waals surface area contributed by atoms with Gasteiger partial charge in [0.05, 0.1) is 39.5 Å². The highest BCUT2D eigenvalue weighted by molar-refractivity contribution is 6.02. The average molecular weight is 396 g/mol. The summed E-state index contributed by atoms with van der Waals surface area (Å²) in [5.74, 6) is 0.195. The van der Waals surface area contributed by atoms with Crippen LogP contribution in [0.25, 0.3) is 0 Å². The zero-order chi connectivity index (χ0) is 21.0. The molecular formula is C22H26N3O4+. The molecule has 1 heterocycles. The van der Waals surface area contributed by atoms with E-state index in [0.717, 1.165) is 16.9 Å². The molecule has 7 heteroatoms. The van der Waals surface area contributed by atoms with Gasteiger partial charge in [-0.2, -0.15) is 5.10 Å². The van der Waals surface area contributed by atoms with E-state index in [4.69, 9.17) is 9.47 Å². The van der Waals surface area contributed by atoms with Crippen LogP contribution >= 0.6 is 0 Å². The minimum atomic E-state index is -0.449. The summed E-state index contributed by atoms with van der Waals surface area (Å²) in [6.45, 7) is 0.292.